The van der Waals surface area contributed by atoms with Crippen molar-refractivity contribution in [2.24, 2.45) is 5.73 Å². The van der Waals surface area contributed by atoms with Gasteiger partial charge in [-0.2, -0.15) is 0 Å². The smallest absolute Gasteiger partial charge is 0.261 e. The maximum Gasteiger partial charge on any atom is 0.261 e. The molecule has 3 N–H and O–H groups in total. The minimum absolute atomic E-state index is 0.137. The Kier molecular flexibility index (Phi) is 5.72. The van der Waals surface area contributed by atoms with Crippen molar-refractivity contribution in [3.05, 3.63) is 29.3 Å². The van der Waals surface area contributed by atoms with Gasteiger partial charge in [0.25, 0.3) is 5.91 Å². The van der Waals surface area contributed by atoms with Crippen molar-refractivity contribution < 1.29 is 9.53 Å². The molecule has 0 saturated heterocycles. The van der Waals surface area contributed by atoms with E-state index in [0.717, 1.165) is 17.5 Å². The van der Waals surface area contributed by atoms with Crippen LogP contribution in [0, 0.1) is 6.92 Å². The molecule has 1 amide bonds. The molecular weight excluding hydrogens is 284 g/mol. The molecule has 0 aliphatic heterocycles. The lowest BCUT2D eigenvalue weighted by Gasteiger charge is -2.27. The number of carbonyl (C=O) groups excluding carboxylic acids is 1. The Hall–Kier alpha value is -1.62. The molecule has 4 nitrogen and oxygen atoms in total. The van der Waals surface area contributed by atoms with Crippen molar-refractivity contribution in [1.29, 1.82) is 0 Å². The van der Waals surface area contributed by atoms with Gasteiger partial charge in [0, 0.05) is 11.1 Å². The predicted molar refractivity (Wildman–Crippen MR) is 89.7 cm³/mol. The van der Waals surface area contributed by atoms with E-state index in [4.69, 9.17) is 22.7 Å². The minimum Gasteiger partial charge on any atom is -0.481 e. The summed E-state index contributed by atoms with van der Waals surface area (Å²) in [6.45, 7) is 9.64. The van der Waals surface area contributed by atoms with Crippen LogP contribution in [-0.2, 0) is 4.79 Å². The van der Waals surface area contributed by atoms with Gasteiger partial charge in [-0.15, -0.1) is 0 Å². The molecule has 0 spiro atoms. The Bertz CT molecular complexity index is 541. The SMILES string of the molecule is CCC(C)(C)NC(=O)C(C)Oc1cc(C(N)=S)ccc1C. The summed E-state index contributed by atoms with van der Waals surface area (Å²) < 4.78 is 5.76. The topological polar surface area (TPSA) is 64.3 Å². The van der Waals surface area contributed by atoms with E-state index in [-0.39, 0.29) is 11.4 Å². The van der Waals surface area contributed by atoms with Gasteiger partial charge in [-0.25, -0.2) is 0 Å². The summed E-state index contributed by atoms with van der Waals surface area (Å²) in [6.07, 6.45) is 0.262. The zero-order valence-electron chi connectivity index (χ0n) is 13.3. The number of thiocarbonyl (C=S) groups is 1. The first-order valence-electron chi connectivity index (χ1n) is 7.05. The van der Waals surface area contributed by atoms with Crippen LogP contribution >= 0.6 is 12.2 Å². The third kappa shape index (κ3) is 5.01. The van der Waals surface area contributed by atoms with Gasteiger partial charge in [0.1, 0.15) is 10.7 Å². The number of nitrogens with one attached hydrogen (secondary N) is 1. The minimum atomic E-state index is -0.587. The summed E-state index contributed by atoms with van der Waals surface area (Å²) in [5.74, 6) is 0.485. The molecule has 1 atom stereocenters. The number of rotatable bonds is 6. The number of ether oxygens (including phenoxy) is 1. The van der Waals surface area contributed by atoms with Gasteiger partial charge in [-0.3, -0.25) is 4.79 Å². The van der Waals surface area contributed by atoms with Crippen LogP contribution < -0.4 is 15.8 Å². The molecule has 0 fully saturated rings. The van der Waals surface area contributed by atoms with Gasteiger partial charge >= 0.3 is 0 Å². The molecule has 5 heteroatoms. The van der Waals surface area contributed by atoms with E-state index in [0.29, 0.717) is 10.7 Å². The van der Waals surface area contributed by atoms with Crippen molar-refractivity contribution in [1.82, 2.24) is 5.32 Å². The van der Waals surface area contributed by atoms with E-state index in [1.165, 1.54) is 0 Å². The first-order chi connectivity index (χ1) is 9.66. The average molecular weight is 308 g/mol. The summed E-state index contributed by atoms with van der Waals surface area (Å²) >= 11 is 4.96. The number of carbonyl (C=O) groups is 1. The Labute approximate surface area is 132 Å². The lowest BCUT2D eigenvalue weighted by atomic mass is 10.0. The zero-order valence-corrected chi connectivity index (χ0v) is 14.1. The van der Waals surface area contributed by atoms with Gasteiger partial charge < -0.3 is 15.8 Å². The lowest BCUT2D eigenvalue weighted by Crippen LogP contribution is -2.48. The largest absolute Gasteiger partial charge is 0.481 e. The maximum absolute atomic E-state index is 12.2. The van der Waals surface area contributed by atoms with Crippen molar-refractivity contribution in [3.63, 3.8) is 0 Å². The summed E-state index contributed by atoms with van der Waals surface area (Å²) in [4.78, 5) is 12.5. The van der Waals surface area contributed by atoms with Crippen LogP contribution in [0.25, 0.3) is 0 Å². The number of aryl methyl sites for hydroxylation is 1. The molecule has 1 aromatic rings. The summed E-state index contributed by atoms with van der Waals surface area (Å²) in [6, 6.07) is 5.49. The van der Waals surface area contributed by atoms with E-state index in [1.807, 2.05) is 39.8 Å². The van der Waals surface area contributed by atoms with Crippen molar-refractivity contribution in [2.75, 3.05) is 0 Å². The molecule has 0 heterocycles. The fourth-order valence-electron chi connectivity index (χ4n) is 1.65. The monoisotopic (exact) mass is 308 g/mol. The van der Waals surface area contributed by atoms with Gasteiger partial charge in [-0.1, -0.05) is 31.3 Å². The number of hydrogen-bond donors (Lipinski definition) is 2. The molecule has 116 valence electrons. The highest BCUT2D eigenvalue weighted by Gasteiger charge is 2.23. The van der Waals surface area contributed by atoms with Crippen molar-refractivity contribution in [2.45, 2.75) is 52.7 Å². The third-order valence-corrected chi connectivity index (χ3v) is 3.73. The summed E-state index contributed by atoms with van der Waals surface area (Å²) in [5, 5.41) is 2.97. The van der Waals surface area contributed by atoms with Gasteiger partial charge in [0.05, 0.1) is 0 Å². The van der Waals surface area contributed by atoms with E-state index >= 15 is 0 Å². The van der Waals surface area contributed by atoms with Crippen LogP contribution in [0.3, 0.4) is 0 Å². The molecule has 0 aliphatic rings. The fraction of sp³-hybridized carbons (Fsp3) is 0.500. The van der Waals surface area contributed by atoms with Gasteiger partial charge in [-0.05, 0) is 45.7 Å². The van der Waals surface area contributed by atoms with Crippen LogP contribution in [0.1, 0.15) is 45.2 Å². The molecule has 0 saturated carbocycles. The Balaban J connectivity index is 2.83. The second-order valence-corrected chi connectivity index (χ2v) is 6.27. The van der Waals surface area contributed by atoms with E-state index in [2.05, 4.69) is 5.32 Å². The Morgan fingerprint density at radius 1 is 1.48 bits per heavy atom. The molecule has 1 aromatic carbocycles. The molecule has 0 bridgehead atoms. The molecule has 21 heavy (non-hydrogen) atoms. The fourth-order valence-corrected chi connectivity index (χ4v) is 1.77. The normalized spacial score (nSPS) is 12.6. The number of nitrogens with two attached hydrogens (primary N) is 1. The van der Waals surface area contributed by atoms with Gasteiger partial charge in [0.15, 0.2) is 6.10 Å². The second kappa shape index (κ2) is 6.89. The number of hydrogen-bond acceptors (Lipinski definition) is 3. The highest BCUT2D eigenvalue weighted by Crippen LogP contribution is 2.21. The van der Waals surface area contributed by atoms with E-state index < -0.39 is 6.10 Å². The molecule has 1 rings (SSSR count). The maximum atomic E-state index is 12.2. The van der Waals surface area contributed by atoms with E-state index in [1.54, 1.807) is 13.0 Å². The Morgan fingerprint density at radius 3 is 2.62 bits per heavy atom. The van der Waals surface area contributed by atoms with Crippen LogP contribution in [-0.4, -0.2) is 22.5 Å². The first-order valence-corrected chi connectivity index (χ1v) is 7.46. The predicted octanol–water partition coefficient (Wildman–Crippen LogP) is 2.70. The average Bonchev–Trinajstić information content (AvgIpc) is 2.40. The molecule has 0 aliphatic carbocycles. The van der Waals surface area contributed by atoms with Crippen molar-refractivity contribution >= 4 is 23.1 Å². The Morgan fingerprint density at radius 2 is 2.10 bits per heavy atom. The lowest BCUT2D eigenvalue weighted by molar-refractivity contribution is -0.129. The zero-order chi connectivity index (χ0) is 16.2. The van der Waals surface area contributed by atoms with Crippen molar-refractivity contribution in [3.8, 4) is 5.75 Å². The molecule has 0 radical (unpaired) electrons. The number of benzene rings is 1. The molecular formula is C16H24N2O2S. The highest BCUT2D eigenvalue weighted by atomic mass is 32.1. The molecule has 0 aromatic heterocycles. The van der Waals surface area contributed by atoms with Crippen LogP contribution in [0.5, 0.6) is 5.75 Å². The molecule has 1 unspecified atom stereocenters. The van der Waals surface area contributed by atoms with Crippen LogP contribution in [0.4, 0.5) is 0 Å². The standard InChI is InChI=1S/C16H24N2O2S/c1-6-16(4,5)18-15(19)11(3)20-13-9-12(14(17)21)8-7-10(13)2/h7-9,11H,6H2,1-5H3,(H2,17,21)(H,18,19). The third-order valence-electron chi connectivity index (χ3n) is 3.49. The summed E-state index contributed by atoms with van der Waals surface area (Å²) in [5.41, 5.74) is 7.04. The van der Waals surface area contributed by atoms with Gasteiger partial charge in [0.2, 0.25) is 0 Å². The van der Waals surface area contributed by atoms with E-state index in [9.17, 15) is 4.79 Å². The van der Waals surface area contributed by atoms with Crippen LogP contribution in [0.2, 0.25) is 0 Å². The number of amides is 1. The quantitative estimate of drug-likeness (QED) is 0.793. The van der Waals surface area contributed by atoms with Crippen LogP contribution in [0.15, 0.2) is 18.2 Å². The first kappa shape index (κ1) is 17.4. The second-order valence-electron chi connectivity index (χ2n) is 5.83. The highest BCUT2D eigenvalue weighted by molar-refractivity contribution is 7.80. The summed E-state index contributed by atoms with van der Waals surface area (Å²) in [7, 11) is 0.